The normalized spacial score (nSPS) is 31.0. The van der Waals surface area contributed by atoms with Crippen LogP contribution >= 0.6 is 0 Å². The van der Waals surface area contributed by atoms with Gasteiger partial charge in [-0.15, -0.1) is 0 Å². The van der Waals surface area contributed by atoms with Crippen LogP contribution in [0.15, 0.2) is 35.9 Å². The van der Waals surface area contributed by atoms with Crippen molar-refractivity contribution < 1.29 is 28.5 Å². The molecular weight excluding hydrogens is 410 g/mol. The summed E-state index contributed by atoms with van der Waals surface area (Å²) in [4.78, 5) is 12.4. The summed E-state index contributed by atoms with van der Waals surface area (Å²) >= 11 is 0. The van der Waals surface area contributed by atoms with Crippen LogP contribution in [0.25, 0.3) is 0 Å². The first-order chi connectivity index (χ1) is 15.3. The molecule has 2 fully saturated rings. The van der Waals surface area contributed by atoms with E-state index in [4.69, 9.17) is 29.4 Å². The number of hydrogen-bond acceptors (Lipinski definition) is 7. The number of anilines is 1. The quantitative estimate of drug-likeness (QED) is 0.203. The van der Waals surface area contributed by atoms with Gasteiger partial charge in [-0.1, -0.05) is 25.5 Å². The van der Waals surface area contributed by atoms with Gasteiger partial charge in [0.2, 0.25) is 0 Å². The number of epoxide rings is 1. The van der Waals surface area contributed by atoms with Crippen molar-refractivity contribution in [3.63, 3.8) is 0 Å². The van der Waals surface area contributed by atoms with E-state index in [1.165, 1.54) is 5.57 Å². The standard InChI is InChI=1S/C23H33NO6.C2H6/c1-14(2)6-13-19-23(3,30-19)20-17(26-4)11-12-18(21(20)27-5)29-22(25)28-16-9-7-15(24)8-10-16;1-2/h6-10,17-21H,11-13,24H2,1-5H3;1-2H3/t17?,18-,19?,20?,21-,23?;/m1./s1. The Bertz CT molecular complexity index is 760. The average molecular weight is 450 g/mol. The lowest BCUT2D eigenvalue weighted by Crippen LogP contribution is -2.54. The van der Waals surface area contributed by atoms with E-state index in [1.807, 2.05) is 13.8 Å². The van der Waals surface area contributed by atoms with Gasteiger partial charge in [-0.05, 0) is 64.3 Å². The molecule has 3 rings (SSSR count). The summed E-state index contributed by atoms with van der Waals surface area (Å²) in [5.41, 5.74) is 7.12. The molecule has 0 amide bonds. The topological polar surface area (TPSA) is 92.5 Å². The maximum absolute atomic E-state index is 12.4. The van der Waals surface area contributed by atoms with E-state index in [0.717, 1.165) is 12.8 Å². The molecule has 2 N–H and O–H groups in total. The largest absolute Gasteiger partial charge is 0.514 e. The first kappa shape index (κ1) is 26.2. The van der Waals surface area contributed by atoms with Gasteiger partial charge in [-0.3, -0.25) is 0 Å². The molecule has 2 aliphatic rings. The fourth-order valence-electron chi connectivity index (χ4n) is 4.47. The molecule has 1 saturated heterocycles. The number of rotatable bonds is 7. The molecule has 180 valence electrons. The maximum atomic E-state index is 12.4. The summed E-state index contributed by atoms with van der Waals surface area (Å²) < 4.78 is 28.7. The van der Waals surface area contributed by atoms with Crippen molar-refractivity contribution in [2.24, 2.45) is 5.92 Å². The number of nitrogen functional groups attached to an aromatic ring is 1. The molecule has 6 atom stereocenters. The number of carbonyl (C=O) groups is 1. The fraction of sp³-hybridized carbons (Fsp3) is 0.640. The van der Waals surface area contributed by atoms with E-state index in [2.05, 4.69) is 26.8 Å². The van der Waals surface area contributed by atoms with Gasteiger partial charge in [0.1, 0.15) is 23.6 Å². The van der Waals surface area contributed by atoms with Crippen LogP contribution in [0.2, 0.25) is 0 Å². The van der Waals surface area contributed by atoms with Crippen LogP contribution in [0.5, 0.6) is 5.75 Å². The van der Waals surface area contributed by atoms with E-state index in [1.54, 1.807) is 38.5 Å². The molecular formula is C25H39NO6. The molecule has 1 saturated carbocycles. The first-order valence-corrected chi connectivity index (χ1v) is 11.4. The molecule has 0 aromatic heterocycles. The molecule has 0 radical (unpaired) electrons. The summed E-state index contributed by atoms with van der Waals surface area (Å²) in [6.07, 6.45) is 2.88. The van der Waals surface area contributed by atoms with Gasteiger partial charge in [0.05, 0.1) is 12.2 Å². The van der Waals surface area contributed by atoms with Crippen molar-refractivity contribution in [1.82, 2.24) is 0 Å². The number of ether oxygens (including phenoxy) is 5. The molecule has 1 aromatic carbocycles. The van der Waals surface area contributed by atoms with E-state index in [-0.39, 0.29) is 24.2 Å². The third-order valence-electron chi connectivity index (χ3n) is 6.14. The average Bonchev–Trinajstić information content (AvgIpc) is 3.45. The smallest absolute Gasteiger partial charge is 0.428 e. The van der Waals surface area contributed by atoms with Crippen molar-refractivity contribution in [2.75, 3.05) is 20.0 Å². The summed E-state index contributed by atoms with van der Waals surface area (Å²) in [5, 5.41) is 0. The van der Waals surface area contributed by atoms with Crippen LogP contribution in [0.3, 0.4) is 0 Å². The number of methoxy groups -OCH3 is 2. The van der Waals surface area contributed by atoms with E-state index >= 15 is 0 Å². The van der Waals surface area contributed by atoms with Crippen molar-refractivity contribution in [3.05, 3.63) is 35.9 Å². The van der Waals surface area contributed by atoms with Gasteiger partial charge < -0.3 is 29.4 Å². The van der Waals surface area contributed by atoms with Crippen molar-refractivity contribution >= 4 is 11.8 Å². The second kappa shape index (κ2) is 11.7. The summed E-state index contributed by atoms with van der Waals surface area (Å²) in [6.45, 7) is 10.2. The van der Waals surface area contributed by atoms with Crippen LogP contribution < -0.4 is 10.5 Å². The van der Waals surface area contributed by atoms with Crippen LogP contribution in [0.4, 0.5) is 10.5 Å². The lowest BCUT2D eigenvalue weighted by Gasteiger charge is -2.42. The van der Waals surface area contributed by atoms with Crippen LogP contribution in [-0.4, -0.2) is 50.4 Å². The number of benzene rings is 1. The van der Waals surface area contributed by atoms with Gasteiger partial charge in [-0.2, -0.15) is 0 Å². The summed E-state index contributed by atoms with van der Waals surface area (Å²) in [6, 6.07) is 6.58. The second-order valence-electron chi connectivity index (χ2n) is 8.46. The zero-order valence-electron chi connectivity index (χ0n) is 20.4. The van der Waals surface area contributed by atoms with Crippen LogP contribution in [-0.2, 0) is 18.9 Å². The Kier molecular flexibility index (Phi) is 9.55. The van der Waals surface area contributed by atoms with Gasteiger partial charge in [0.25, 0.3) is 0 Å². The molecule has 0 bridgehead atoms. The predicted molar refractivity (Wildman–Crippen MR) is 125 cm³/mol. The highest BCUT2D eigenvalue weighted by molar-refractivity contribution is 5.64. The first-order valence-electron chi connectivity index (χ1n) is 11.4. The fourth-order valence-corrected chi connectivity index (χ4v) is 4.47. The SMILES string of the molecule is CC.COC1CC[C@@H](OC(=O)Oc2ccc(N)cc2)[C@@H](OC)C1C1(C)OC1CC=C(C)C. The van der Waals surface area contributed by atoms with E-state index < -0.39 is 17.9 Å². The number of hydrogen-bond donors (Lipinski definition) is 1. The molecule has 4 unspecified atom stereocenters. The summed E-state index contributed by atoms with van der Waals surface area (Å²) in [5.74, 6) is 0.315. The Hall–Kier alpha value is -2.09. The Balaban J connectivity index is 0.00000176. The maximum Gasteiger partial charge on any atom is 0.514 e. The third kappa shape index (κ3) is 6.24. The van der Waals surface area contributed by atoms with Crippen molar-refractivity contribution in [2.45, 2.75) is 83.9 Å². The molecule has 1 aliphatic heterocycles. The Labute approximate surface area is 192 Å². The van der Waals surface area contributed by atoms with Crippen molar-refractivity contribution in [3.8, 4) is 5.75 Å². The lowest BCUT2D eigenvalue weighted by molar-refractivity contribution is -0.145. The number of allylic oxidation sites excluding steroid dienone is 1. The van der Waals surface area contributed by atoms with Crippen LogP contribution in [0.1, 0.15) is 53.9 Å². The monoisotopic (exact) mass is 449 g/mol. The highest BCUT2D eigenvalue weighted by Crippen LogP contribution is 2.51. The number of carbonyl (C=O) groups excluding carboxylic acids is 1. The molecule has 0 spiro atoms. The minimum absolute atomic E-state index is 0.0374. The van der Waals surface area contributed by atoms with Gasteiger partial charge in [-0.25, -0.2) is 4.79 Å². The van der Waals surface area contributed by atoms with E-state index in [9.17, 15) is 4.79 Å². The second-order valence-corrected chi connectivity index (χ2v) is 8.46. The lowest BCUT2D eigenvalue weighted by atomic mass is 9.73. The minimum Gasteiger partial charge on any atom is -0.428 e. The highest BCUT2D eigenvalue weighted by atomic mass is 16.7. The number of nitrogens with two attached hydrogens (primary N) is 1. The Morgan fingerprint density at radius 3 is 2.31 bits per heavy atom. The van der Waals surface area contributed by atoms with Gasteiger partial charge in [0, 0.05) is 25.8 Å². The zero-order valence-corrected chi connectivity index (χ0v) is 20.4. The molecule has 1 aromatic rings. The Morgan fingerprint density at radius 1 is 1.12 bits per heavy atom. The highest BCUT2D eigenvalue weighted by Gasteiger charge is 2.63. The van der Waals surface area contributed by atoms with Gasteiger partial charge >= 0.3 is 6.16 Å². The predicted octanol–water partition coefficient (Wildman–Crippen LogP) is 5.13. The minimum atomic E-state index is -0.760. The summed E-state index contributed by atoms with van der Waals surface area (Å²) in [7, 11) is 3.34. The van der Waals surface area contributed by atoms with Crippen LogP contribution in [0, 0.1) is 5.92 Å². The Morgan fingerprint density at radius 2 is 1.75 bits per heavy atom. The van der Waals surface area contributed by atoms with Crippen molar-refractivity contribution in [1.29, 1.82) is 0 Å². The molecule has 1 aliphatic carbocycles. The van der Waals surface area contributed by atoms with Gasteiger partial charge in [0.15, 0.2) is 0 Å². The molecule has 1 heterocycles. The molecule has 7 nitrogen and oxygen atoms in total. The third-order valence-corrected chi connectivity index (χ3v) is 6.14. The van der Waals surface area contributed by atoms with E-state index in [0.29, 0.717) is 17.9 Å². The molecule has 32 heavy (non-hydrogen) atoms. The zero-order chi connectivity index (χ0) is 23.9. The molecule has 7 heteroatoms.